The Bertz CT molecular complexity index is 585. The van der Waals surface area contributed by atoms with Crippen molar-refractivity contribution in [2.75, 3.05) is 0 Å². The Labute approximate surface area is 109 Å². The van der Waals surface area contributed by atoms with Crippen LogP contribution in [0, 0.1) is 4.77 Å². The number of nitrogens with one attached hydrogen (secondary N) is 1. The van der Waals surface area contributed by atoms with Gasteiger partial charge in [0.05, 0.1) is 21.1 Å². The van der Waals surface area contributed by atoms with E-state index in [4.69, 9.17) is 35.4 Å². The molecule has 0 aliphatic rings. The van der Waals surface area contributed by atoms with Gasteiger partial charge in [0.15, 0.2) is 4.77 Å². The lowest BCUT2D eigenvalue weighted by Crippen LogP contribution is -2.03. The van der Waals surface area contributed by atoms with Crippen LogP contribution in [0.1, 0.15) is 26.3 Å². The van der Waals surface area contributed by atoms with Crippen LogP contribution in [-0.2, 0) is 0 Å². The first-order chi connectivity index (χ1) is 7.54. The van der Waals surface area contributed by atoms with Crippen LogP contribution < -0.4 is 0 Å². The molecule has 5 heteroatoms. The molecule has 86 valence electrons. The van der Waals surface area contributed by atoms with Crippen molar-refractivity contribution >= 4 is 46.5 Å². The fourth-order valence-corrected chi connectivity index (χ4v) is 2.45. The van der Waals surface area contributed by atoms with Crippen LogP contribution in [0.5, 0.6) is 0 Å². The minimum Gasteiger partial charge on any atom is -0.331 e. The summed E-state index contributed by atoms with van der Waals surface area (Å²) in [7, 11) is 0. The largest absolute Gasteiger partial charge is 0.331 e. The van der Waals surface area contributed by atoms with Crippen LogP contribution in [0.4, 0.5) is 0 Å². The van der Waals surface area contributed by atoms with Gasteiger partial charge in [-0.15, -0.1) is 0 Å². The Hall–Kier alpha value is -0.510. The van der Waals surface area contributed by atoms with E-state index in [0.717, 1.165) is 17.5 Å². The number of aromatic amines is 1. The highest BCUT2D eigenvalue weighted by Gasteiger charge is 2.11. The summed E-state index contributed by atoms with van der Waals surface area (Å²) >= 11 is 17.3. The smallest absolute Gasteiger partial charge is 0.178 e. The van der Waals surface area contributed by atoms with Gasteiger partial charge in [0.25, 0.3) is 0 Å². The zero-order valence-corrected chi connectivity index (χ0v) is 11.4. The summed E-state index contributed by atoms with van der Waals surface area (Å²) in [6.07, 6.45) is 1.02. The summed E-state index contributed by atoms with van der Waals surface area (Å²) in [6.45, 7) is 4.26. The van der Waals surface area contributed by atoms with Crippen LogP contribution in [0.25, 0.3) is 11.0 Å². The number of rotatable bonds is 2. The van der Waals surface area contributed by atoms with Gasteiger partial charge in [-0.05, 0) is 37.7 Å². The van der Waals surface area contributed by atoms with E-state index in [9.17, 15) is 0 Å². The predicted octanol–water partition coefficient (Wildman–Crippen LogP) is 4.98. The molecule has 16 heavy (non-hydrogen) atoms. The lowest BCUT2D eigenvalue weighted by Gasteiger charge is -2.11. The summed E-state index contributed by atoms with van der Waals surface area (Å²) < 4.78 is 2.79. The first-order valence-electron chi connectivity index (χ1n) is 5.13. The van der Waals surface area contributed by atoms with Crippen molar-refractivity contribution in [3.05, 3.63) is 26.9 Å². The lowest BCUT2D eigenvalue weighted by molar-refractivity contribution is 0.539. The van der Waals surface area contributed by atoms with E-state index in [2.05, 4.69) is 23.4 Å². The molecule has 1 aromatic carbocycles. The van der Waals surface area contributed by atoms with Crippen molar-refractivity contribution in [3.63, 3.8) is 0 Å². The molecule has 2 nitrogen and oxygen atoms in total. The summed E-state index contributed by atoms with van der Waals surface area (Å²) in [5.41, 5.74) is 1.94. The number of imidazole rings is 1. The van der Waals surface area contributed by atoms with Crippen molar-refractivity contribution in [1.29, 1.82) is 0 Å². The number of fused-ring (bicyclic) bond motifs is 1. The van der Waals surface area contributed by atoms with E-state index in [-0.39, 0.29) is 0 Å². The molecule has 0 saturated carbocycles. The van der Waals surface area contributed by atoms with E-state index in [1.54, 1.807) is 0 Å². The molecule has 1 N–H and O–H groups in total. The molecular weight excluding hydrogens is 263 g/mol. The van der Waals surface area contributed by atoms with Crippen molar-refractivity contribution in [3.8, 4) is 0 Å². The predicted molar refractivity (Wildman–Crippen MR) is 72.1 cm³/mol. The van der Waals surface area contributed by atoms with Crippen LogP contribution in [0.2, 0.25) is 10.0 Å². The van der Waals surface area contributed by atoms with E-state index >= 15 is 0 Å². The van der Waals surface area contributed by atoms with Crippen LogP contribution >= 0.6 is 35.4 Å². The van der Waals surface area contributed by atoms with Crippen LogP contribution in [0.15, 0.2) is 12.1 Å². The van der Waals surface area contributed by atoms with Crippen LogP contribution in [0.3, 0.4) is 0 Å². The SMILES string of the molecule is CCC(C)n1c(=S)[nH]c2cc(Cl)c(Cl)cc21. The molecule has 0 spiro atoms. The summed E-state index contributed by atoms with van der Waals surface area (Å²) in [5, 5.41) is 1.10. The fraction of sp³-hybridized carbons (Fsp3) is 0.364. The third-order valence-electron chi connectivity index (χ3n) is 2.79. The Morgan fingerprint density at radius 2 is 2.00 bits per heavy atom. The van der Waals surface area contributed by atoms with Crippen molar-refractivity contribution in [2.45, 2.75) is 26.3 Å². The zero-order chi connectivity index (χ0) is 11.9. The highest BCUT2D eigenvalue weighted by molar-refractivity contribution is 7.71. The maximum absolute atomic E-state index is 6.02. The number of hydrogen-bond acceptors (Lipinski definition) is 1. The van der Waals surface area contributed by atoms with E-state index in [0.29, 0.717) is 20.9 Å². The molecule has 2 rings (SSSR count). The molecule has 0 saturated heterocycles. The minimum absolute atomic E-state index is 0.346. The summed E-state index contributed by atoms with van der Waals surface area (Å²) in [5.74, 6) is 0. The standard InChI is InChI=1S/C11H12Cl2N2S/c1-3-6(2)15-10-5-8(13)7(12)4-9(10)14-11(15)16/h4-6H,3H2,1-2H3,(H,14,16). The molecule has 1 aromatic heterocycles. The second-order valence-corrected chi connectivity index (χ2v) is 5.04. The average molecular weight is 275 g/mol. The normalized spacial score (nSPS) is 13.2. The van der Waals surface area contributed by atoms with Gasteiger partial charge in [-0.3, -0.25) is 0 Å². The van der Waals surface area contributed by atoms with Gasteiger partial charge in [-0.1, -0.05) is 30.1 Å². The molecule has 0 fully saturated rings. The molecular formula is C11H12Cl2N2S. The molecule has 1 unspecified atom stereocenters. The molecule has 1 atom stereocenters. The number of aromatic nitrogens is 2. The molecule has 0 radical (unpaired) electrons. The second-order valence-electron chi connectivity index (χ2n) is 3.84. The van der Waals surface area contributed by atoms with Crippen molar-refractivity contribution < 1.29 is 0 Å². The summed E-state index contributed by atoms with van der Waals surface area (Å²) in [4.78, 5) is 3.15. The van der Waals surface area contributed by atoms with Gasteiger partial charge in [-0.2, -0.15) is 0 Å². The first-order valence-corrected chi connectivity index (χ1v) is 6.30. The van der Waals surface area contributed by atoms with Crippen molar-refractivity contribution in [2.24, 2.45) is 0 Å². The van der Waals surface area contributed by atoms with E-state index < -0.39 is 0 Å². The molecule has 0 aliphatic heterocycles. The molecule has 1 heterocycles. The van der Waals surface area contributed by atoms with Gasteiger partial charge in [0, 0.05) is 6.04 Å². The third-order valence-corrected chi connectivity index (χ3v) is 3.81. The van der Waals surface area contributed by atoms with Crippen LogP contribution in [-0.4, -0.2) is 9.55 Å². The van der Waals surface area contributed by atoms with E-state index in [1.807, 2.05) is 12.1 Å². The number of nitrogens with zero attached hydrogens (tertiary/aromatic N) is 1. The topological polar surface area (TPSA) is 20.7 Å². The quantitative estimate of drug-likeness (QED) is 0.767. The molecule has 2 aromatic rings. The number of halogens is 2. The molecule has 0 bridgehead atoms. The maximum atomic E-state index is 6.02. The molecule has 0 aliphatic carbocycles. The number of benzene rings is 1. The Kier molecular flexibility index (Phi) is 3.29. The highest BCUT2D eigenvalue weighted by Crippen LogP contribution is 2.29. The van der Waals surface area contributed by atoms with E-state index in [1.165, 1.54) is 0 Å². The van der Waals surface area contributed by atoms with Gasteiger partial charge < -0.3 is 9.55 Å². The van der Waals surface area contributed by atoms with Gasteiger partial charge in [0.2, 0.25) is 0 Å². The second kappa shape index (κ2) is 4.40. The average Bonchev–Trinajstić information content (AvgIpc) is 2.54. The Morgan fingerprint density at radius 3 is 2.62 bits per heavy atom. The number of H-pyrrole nitrogens is 1. The minimum atomic E-state index is 0.346. The Morgan fingerprint density at radius 1 is 1.38 bits per heavy atom. The zero-order valence-electron chi connectivity index (χ0n) is 9.05. The van der Waals surface area contributed by atoms with Crippen molar-refractivity contribution in [1.82, 2.24) is 9.55 Å². The molecule has 0 amide bonds. The fourth-order valence-electron chi connectivity index (χ4n) is 1.74. The highest BCUT2D eigenvalue weighted by atomic mass is 35.5. The monoisotopic (exact) mass is 274 g/mol. The summed E-state index contributed by atoms with van der Waals surface area (Å²) in [6, 6.07) is 4.02. The van der Waals surface area contributed by atoms with Gasteiger partial charge in [0.1, 0.15) is 0 Å². The lowest BCUT2D eigenvalue weighted by atomic mass is 10.2. The third kappa shape index (κ3) is 1.88. The van der Waals surface area contributed by atoms with Gasteiger partial charge >= 0.3 is 0 Å². The first kappa shape index (κ1) is 12.0. The Balaban J connectivity index is 2.79. The maximum Gasteiger partial charge on any atom is 0.178 e. The number of hydrogen-bond donors (Lipinski definition) is 1. The van der Waals surface area contributed by atoms with Gasteiger partial charge in [-0.25, -0.2) is 0 Å².